The first-order chi connectivity index (χ1) is 15.2. The number of nitrogens with zero attached hydrogens (tertiary/aromatic N) is 2. The summed E-state index contributed by atoms with van der Waals surface area (Å²) >= 11 is 0. The van der Waals surface area contributed by atoms with Gasteiger partial charge in [0.25, 0.3) is 0 Å². The van der Waals surface area contributed by atoms with Gasteiger partial charge in [-0.2, -0.15) is 0 Å². The minimum Gasteiger partial charge on any atom is -0.344 e. The average molecular weight is 405 g/mol. The van der Waals surface area contributed by atoms with Gasteiger partial charge in [-0.1, -0.05) is 97.1 Å². The van der Waals surface area contributed by atoms with E-state index in [4.69, 9.17) is 0 Å². The van der Waals surface area contributed by atoms with Crippen molar-refractivity contribution >= 4 is 11.4 Å². The Morgan fingerprint density at radius 2 is 0.839 bits per heavy atom. The fraction of sp³-hybridized carbons (Fsp3) is 0.172. The lowest BCUT2D eigenvalue weighted by atomic mass is 9.92. The topological polar surface area (TPSA) is 6.48 Å². The lowest BCUT2D eigenvalue weighted by Crippen LogP contribution is -2.27. The van der Waals surface area contributed by atoms with Gasteiger partial charge in [-0.3, -0.25) is 0 Å². The van der Waals surface area contributed by atoms with Crippen LogP contribution < -0.4 is 9.80 Å². The van der Waals surface area contributed by atoms with Crippen molar-refractivity contribution < 1.29 is 0 Å². The van der Waals surface area contributed by atoms with Crippen molar-refractivity contribution in [1.82, 2.24) is 0 Å². The van der Waals surface area contributed by atoms with Gasteiger partial charge in [-0.05, 0) is 48.2 Å². The maximum atomic E-state index is 2.58. The Balaban J connectivity index is 1.73. The zero-order valence-electron chi connectivity index (χ0n) is 18.1. The number of anilines is 2. The molecule has 1 fully saturated rings. The predicted octanol–water partition coefficient (Wildman–Crippen LogP) is 7.07. The number of para-hydroxylation sites is 2. The Morgan fingerprint density at radius 3 is 1.23 bits per heavy atom. The summed E-state index contributed by atoms with van der Waals surface area (Å²) in [5.41, 5.74) is 7.90. The summed E-state index contributed by atoms with van der Waals surface area (Å²) in [6.45, 7) is 5.27. The molecule has 4 aromatic carbocycles. The van der Waals surface area contributed by atoms with E-state index in [1.165, 1.54) is 33.6 Å². The van der Waals surface area contributed by atoms with Crippen LogP contribution in [0.1, 0.15) is 34.3 Å². The van der Waals surface area contributed by atoms with Crippen molar-refractivity contribution in [3.05, 3.63) is 131 Å². The summed E-state index contributed by atoms with van der Waals surface area (Å²) in [5, 5.41) is 0. The molecular formula is C29H28N2. The zero-order valence-corrected chi connectivity index (χ0v) is 18.1. The van der Waals surface area contributed by atoms with Crippen molar-refractivity contribution in [1.29, 1.82) is 0 Å². The van der Waals surface area contributed by atoms with Crippen LogP contribution in [0.4, 0.5) is 11.4 Å². The second-order valence-electron chi connectivity index (χ2n) is 8.37. The first-order valence-corrected chi connectivity index (χ1v) is 11.0. The second kappa shape index (κ2) is 8.31. The van der Waals surface area contributed by atoms with Crippen LogP contribution in [0.3, 0.4) is 0 Å². The van der Waals surface area contributed by atoms with E-state index in [9.17, 15) is 0 Å². The third-order valence-electron chi connectivity index (χ3n) is 6.41. The van der Waals surface area contributed by atoms with Gasteiger partial charge in [0.05, 0.1) is 18.8 Å². The van der Waals surface area contributed by atoms with E-state index in [0.29, 0.717) is 0 Å². The summed E-state index contributed by atoms with van der Waals surface area (Å²) in [6, 6.07) is 39.8. The molecule has 0 amide bonds. The summed E-state index contributed by atoms with van der Waals surface area (Å²) in [5.74, 6) is 0. The van der Waals surface area contributed by atoms with Gasteiger partial charge >= 0.3 is 0 Å². The van der Waals surface area contributed by atoms with Crippen LogP contribution in [0, 0.1) is 13.8 Å². The third kappa shape index (κ3) is 3.59. The molecule has 4 aromatic rings. The van der Waals surface area contributed by atoms with Crippen LogP contribution in [-0.4, -0.2) is 6.67 Å². The van der Waals surface area contributed by atoms with Crippen molar-refractivity contribution in [3.63, 3.8) is 0 Å². The fourth-order valence-electron chi connectivity index (χ4n) is 4.93. The number of aryl methyl sites for hydroxylation is 2. The number of rotatable bonds is 4. The van der Waals surface area contributed by atoms with E-state index in [1.807, 2.05) is 0 Å². The maximum Gasteiger partial charge on any atom is 0.0917 e. The number of benzene rings is 4. The molecule has 0 aromatic heterocycles. The highest BCUT2D eigenvalue weighted by molar-refractivity contribution is 5.64. The summed E-state index contributed by atoms with van der Waals surface area (Å²) in [4.78, 5) is 5.16. The smallest absolute Gasteiger partial charge is 0.0917 e. The molecule has 154 valence electrons. The highest BCUT2D eigenvalue weighted by Crippen LogP contribution is 2.48. The van der Waals surface area contributed by atoms with Crippen LogP contribution in [0.2, 0.25) is 0 Å². The van der Waals surface area contributed by atoms with Gasteiger partial charge in [0.1, 0.15) is 0 Å². The molecule has 0 bridgehead atoms. The van der Waals surface area contributed by atoms with E-state index >= 15 is 0 Å². The second-order valence-corrected chi connectivity index (χ2v) is 8.37. The zero-order chi connectivity index (χ0) is 21.2. The molecule has 5 rings (SSSR count). The molecule has 2 nitrogen and oxygen atoms in total. The lowest BCUT2D eigenvalue weighted by molar-refractivity contribution is 0.617. The van der Waals surface area contributed by atoms with Crippen LogP contribution >= 0.6 is 0 Å². The van der Waals surface area contributed by atoms with Gasteiger partial charge < -0.3 is 9.80 Å². The molecule has 0 radical (unpaired) electrons. The van der Waals surface area contributed by atoms with Gasteiger partial charge in [0.15, 0.2) is 0 Å². The van der Waals surface area contributed by atoms with Crippen molar-refractivity contribution in [2.24, 2.45) is 0 Å². The van der Waals surface area contributed by atoms with E-state index in [2.05, 4.69) is 133 Å². The molecule has 0 unspecified atom stereocenters. The van der Waals surface area contributed by atoms with E-state index in [0.717, 1.165) is 6.67 Å². The SMILES string of the molecule is Cc1ccccc1N1CN(c2ccccc2C)[C@@H](c2ccccc2)[C@H]1c1ccccc1. The monoisotopic (exact) mass is 404 g/mol. The van der Waals surface area contributed by atoms with Crippen LogP contribution in [0.15, 0.2) is 109 Å². The normalized spacial score (nSPS) is 18.4. The van der Waals surface area contributed by atoms with Crippen LogP contribution in [0.5, 0.6) is 0 Å². The fourth-order valence-corrected chi connectivity index (χ4v) is 4.93. The summed E-state index contributed by atoms with van der Waals surface area (Å²) in [7, 11) is 0. The van der Waals surface area contributed by atoms with Gasteiger partial charge in [-0.15, -0.1) is 0 Å². The minimum absolute atomic E-state index is 0.212. The Kier molecular flexibility index (Phi) is 5.21. The Bertz CT molecular complexity index is 1060. The maximum absolute atomic E-state index is 2.58. The molecule has 0 aliphatic carbocycles. The highest BCUT2D eigenvalue weighted by Gasteiger charge is 2.42. The van der Waals surface area contributed by atoms with Gasteiger partial charge in [0, 0.05) is 11.4 Å². The first kappa shape index (κ1) is 19.4. The average Bonchev–Trinajstić information content (AvgIpc) is 3.21. The van der Waals surface area contributed by atoms with Crippen molar-refractivity contribution in [2.75, 3.05) is 16.5 Å². The Labute approximate surface area is 185 Å². The Hall–Kier alpha value is -3.52. The molecule has 1 aliphatic rings. The molecule has 1 aliphatic heterocycles. The van der Waals surface area contributed by atoms with Crippen molar-refractivity contribution in [3.8, 4) is 0 Å². The number of hydrogen-bond acceptors (Lipinski definition) is 2. The largest absolute Gasteiger partial charge is 0.344 e. The molecule has 31 heavy (non-hydrogen) atoms. The van der Waals surface area contributed by atoms with Crippen molar-refractivity contribution in [2.45, 2.75) is 25.9 Å². The molecular weight excluding hydrogens is 376 g/mol. The number of hydrogen-bond donors (Lipinski definition) is 0. The standard InChI is InChI=1S/C29H28N2/c1-22-13-9-11-19-26(22)30-21-31(27-20-12-10-14-23(27)2)29(25-17-7-4-8-18-25)28(30)24-15-5-3-6-16-24/h3-20,28-29H,21H2,1-2H3/t28-,29+. The van der Waals surface area contributed by atoms with Gasteiger partial charge in [-0.25, -0.2) is 0 Å². The first-order valence-electron chi connectivity index (χ1n) is 11.0. The Morgan fingerprint density at radius 1 is 0.484 bits per heavy atom. The lowest BCUT2D eigenvalue weighted by Gasteiger charge is -2.31. The highest BCUT2D eigenvalue weighted by atomic mass is 15.4. The molecule has 0 saturated carbocycles. The van der Waals surface area contributed by atoms with E-state index in [-0.39, 0.29) is 12.1 Å². The predicted molar refractivity (Wildman–Crippen MR) is 131 cm³/mol. The van der Waals surface area contributed by atoms with Crippen LogP contribution in [-0.2, 0) is 0 Å². The molecule has 0 N–H and O–H groups in total. The molecule has 2 heteroatoms. The summed E-state index contributed by atoms with van der Waals surface area (Å²) in [6.07, 6.45) is 0. The molecule has 1 heterocycles. The molecule has 2 atom stereocenters. The van der Waals surface area contributed by atoms with E-state index < -0.39 is 0 Å². The molecule has 1 saturated heterocycles. The summed E-state index contributed by atoms with van der Waals surface area (Å²) < 4.78 is 0. The quantitative estimate of drug-likeness (QED) is 0.359. The van der Waals surface area contributed by atoms with Crippen LogP contribution in [0.25, 0.3) is 0 Å². The third-order valence-corrected chi connectivity index (χ3v) is 6.41. The molecule has 0 spiro atoms. The minimum atomic E-state index is 0.212. The van der Waals surface area contributed by atoms with Gasteiger partial charge in [0.2, 0.25) is 0 Å². The van der Waals surface area contributed by atoms with E-state index in [1.54, 1.807) is 0 Å².